The van der Waals surface area contributed by atoms with Gasteiger partial charge in [0.25, 0.3) is 0 Å². The second-order valence-electron chi connectivity index (χ2n) is 6.39. The molecular formula is C20H16N2O6Se2. The molecule has 10 heteroatoms. The van der Waals surface area contributed by atoms with Crippen LogP contribution in [0.15, 0.2) is 48.5 Å². The first-order valence-corrected chi connectivity index (χ1v) is 15.0. The number of benzene rings is 2. The van der Waals surface area contributed by atoms with Crippen LogP contribution in [0.4, 0.5) is 11.4 Å². The summed E-state index contributed by atoms with van der Waals surface area (Å²) in [7, 11) is 0. The van der Waals surface area contributed by atoms with Gasteiger partial charge in [-0.3, -0.25) is 0 Å². The van der Waals surface area contributed by atoms with Crippen molar-refractivity contribution >= 4 is 70.2 Å². The Bertz CT molecular complexity index is 880. The minimum absolute atomic E-state index is 0.0851. The molecule has 0 saturated carbocycles. The van der Waals surface area contributed by atoms with E-state index in [4.69, 9.17) is 9.47 Å². The van der Waals surface area contributed by atoms with Crippen molar-refractivity contribution in [2.45, 2.75) is 0 Å². The summed E-state index contributed by atoms with van der Waals surface area (Å²) in [6.07, 6.45) is 0. The topological polar surface area (TPSA) is 93.2 Å². The van der Waals surface area contributed by atoms with Gasteiger partial charge in [0.1, 0.15) is 0 Å². The first-order valence-electron chi connectivity index (χ1n) is 8.94. The minimum atomic E-state index is -0.356. The fraction of sp³-hybridized carbons (Fsp3) is 0.200. The molecule has 4 amide bonds. The van der Waals surface area contributed by atoms with Gasteiger partial charge in [0.2, 0.25) is 0 Å². The first-order chi connectivity index (χ1) is 14.5. The van der Waals surface area contributed by atoms with E-state index >= 15 is 0 Å². The third-order valence-electron chi connectivity index (χ3n) is 4.32. The van der Waals surface area contributed by atoms with Crippen molar-refractivity contribution in [1.82, 2.24) is 0 Å². The maximum atomic E-state index is 11.9. The molecule has 4 rings (SSSR count). The Hall–Kier alpha value is -2.32. The number of carbonyl (C=O) groups is 4. The second-order valence-corrected chi connectivity index (χ2v) is 12.7. The van der Waals surface area contributed by atoms with Crippen LogP contribution in [0, 0.1) is 0 Å². The first kappa shape index (κ1) is 20.9. The van der Waals surface area contributed by atoms with Crippen LogP contribution in [-0.2, 0) is 28.7 Å². The van der Waals surface area contributed by atoms with Crippen molar-refractivity contribution < 1.29 is 28.7 Å². The Morgan fingerprint density at radius 2 is 0.833 bits per heavy atom. The molecule has 2 saturated heterocycles. The molecule has 2 aromatic carbocycles. The molecule has 0 N–H and O–H groups in total. The number of rotatable bonds is 5. The molecule has 154 valence electrons. The molecule has 2 aliphatic heterocycles. The van der Waals surface area contributed by atoms with E-state index in [-0.39, 0.29) is 76.3 Å². The van der Waals surface area contributed by atoms with Crippen molar-refractivity contribution in [3.05, 3.63) is 48.5 Å². The van der Waals surface area contributed by atoms with Crippen LogP contribution in [0.25, 0.3) is 0 Å². The van der Waals surface area contributed by atoms with Gasteiger partial charge in [-0.05, 0) is 0 Å². The van der Waals surface area contributed by atoms with E-state index in [9.17, 15) is 19.2 Å². The van der Waals surface area contributed by atoms with Crippen molar-refractivity contribution in [3.63, 3.8) is 0 Å². The average molecular weight is 538 g/mol. The predicted molar refractivity (Wildman–Crippen MR) is 110 cm³/mol. The normalized spacial score (nSPS) is 17.6. The van der Waals surface area contributed by atoms with Gasteiger partial charge in [-0.25, -0.2) is 0 Å². The van der Waals surface area contributed by atoms with Crippen LogP contribution >= 0.6 is 0 Å². The molecule has 0 spiro atoms. The Labute approximate surface area is 183 Å². The molecule has 30 heavy (non-hydrogen) atoms. The molecular weight excluding hydrogens is 522 g/mol. The van der Waals surface area contributed by atoms with Gasteiger partial charge in [0.15, 0.2) is 0 Å². The number of hydrogen-bond acceptors (Lipinski definition) is 6. The summed E-state index contributed by atoms with van der Waals surface area (Å²) in [4.78, 5) is 50.0. The fourth-order valence-corrected chi connectivity index (χ4v) is 8.92. The van der Waals surface area contributed by atoms with Crippen LogP contribution in [0.2, 0.25) is 0 Å². The summed E-state index contributed by atoms with van der Waals surface area (Å²) in [6.45, 7) is -0.341. The molecule has 2 aliphatic rings. The molecule has 0 aromatic heterocycles. The van der Waals surface area contributed by atoms with E-state index in [1.165, 1.54) is 9.80 Å². The number of morpholine rings is 2. The molecule has 2 heterocycles. The van der Waals surface area contributed by atoms with E-state index in [0.717, 1.165) is 8.92 Å². The summed E-state index contributed by atoms with van der Waals surface area (Å²) < 4.78 is 12.2. The third-order valence-corrected chi connectivity index (χ3v) is 11.6. The van der Waals surface area contributed by atoms with Crippen LogP contribution in [0.3, 0.4) is 0 Å². The summed E-state index contributed by atoms with van der Waals surface area (Å²) in [6, 6.07) is 14.9. The zero-order valence-electron chi connectivity index (χ0n) is 15.6. The van der Waals surface area contributed by atoms with Crippen LogP contribution in [-0.4, -0.2) is 76.3 Å². The Morgan fingerprint density at radius 1 is 0.533 bits per heavy atom. The van der Waals surface area contributed by atoms with Crippen LogP contribution in [0.5, 0.6) is 0 Å². The molecule has 2 fully saturated rings. The van der Waals surface area contributed by atoms with Crippen molar-refractivity contribution in [1.29, 1.82) is 0 Å². The van der Waals surface area contributed by atoms with Crippen molar-refractivity contribution in [2.24, 2.45) is 0 Å². The summed E-state index contributed by atoms with van der Waals surface area (Å²) in [5, 5.41) is 0. The van der Waals surface area contributed by atoms with Gasteiger partial charge in [-0.2, -0.15) is 0 Å². The zero-order chi connectivity index (χ0) is 21.1. The number of anilines is 2. The van der Waals surface area contributed by atoms with Gasteiger partial charge < -0.3 is 0 Å². The number of carbonyl (C=O) groups excluding carboxylic acids is 4. The zero-order valence-corrected chi connectivity index (χ0v) is 19.0. The number of hydrogen-bond donors (Lipinski definition) is 0. The van der Waals surface area contributed by atoms with Gasteiger partial charge in [-0.15, -0.1) is 0 Å². The molecule has 0 radical (unpaired) electrons. The number of amides is 4. The van der Waals surface area contributed by atoms with E-state index in [1.807, 2.05) is 24.3 Å². The molecule has 8 nitrogen and oxygen atoms in total. The fourth-order valence-electron chi connectivity index (χ4n) is 2.96. The van der Waals surface area contributed by atoms with E-state index in [2.05, 4.69) is 0 Å². The second kappa shape index (κ2) is 9.22. The molecule has 0 aliphatic carbocycles. The van der Waals surface area contributed by atoms with Crippen molar-refractivity contribution in [2.75, 3.05) is 36.2 Å². The van der Waals surface area contributed by atoms with Crippen LogP contribution in [0.1, 0.15) is 0 Å². The Kier molecular flexibility index (Phi) is 6.43. The monoisotopic (exact) mass is 540 g/mol. The van der Waals surface area contributed by atoms with E-state index in [0.29, 0.717) is 11.4 Å². The Morgan fingerprint density at radius 3 is 1.13 bits per heavy atom. The van der Waals surface area contributed by atoms with Gasteiger partial charge >= 0.3 is 184 Å². The number of imide groups is 2. The summed E-state index contributed by atoms with van der Waals surface area (Å²) in [5.41, 5.74) is 1.12. The van der Waals surface area contributed by atoms with E-state index in [1.54, 1.807) is 24.3 Å². The van der Waals surface area contributed by atoms with Crippen molar-refractivity contribution in [3.8, 4) is 0 Å². The van der Waals surface area contributed by atoms with Gasteiger partial charge in [0.05, 0.1) is 0 Å². The SMILES string of the molecule is O=C1COCC(=O)N1c1ccc([Se][Se]c2ccc(N3C(=O)COCC3=O)cc2)cc1. The predicted octanol–water partition coefficient (Wildman–Crippen LogP) is -1.26. The third kappa shape index (κ3) is 4.54. The van der Waals surface area contributed by atoms with Gasteiger partial charge in [0, 0.05) is 0 Å². The summed E-state index contributed by atoms with van der Waals surface area (Å²) >= 11 is 0.410. The quantitative estimate of drug-likeness (QED) is 0.349. The summed E-state index contributed by atoms with van der Waals surface area (Å²) in [5.74, 6) is -1.42. The van der Waals surface area contributed by atoms with E-state index < -0.39 is 0 Å². The molecule has 2 aromatic rings. The molecule has 0 bridgehead atoms. The number of nitrogens with zero attached hydrogens (tertiary/aromatic N) is 2. The Balaban J connectivity index is 1.38. The standard InChI is InChI=1S/C20H16N2O6Se2/c23-17-9-27-10-18(24)21(17)13-1-5-15(6-2-13)29-30-16-7-3-14(4-8-16)22-19(25)11-28-12-20(22)26/h1-8H,9-12H2. The molecule has 0 unspecified atom stereocenters. The number of ether oxygens (including phenoxy) is 2. The molecule has 0 atom stereocenters. The maximum absolute atomic E-state index is 11.9. The average Bonchev–Trinajstić information content (AvgIpc) is 2.74. The van der Waals surface area contributed by atoms with Gasteiger partial charge in [-0.1, -0.05) is 0 Å². The van der Waals surface area contributed by atoms with Crippen LogP contribution < -0.4 is 18.7 Å².